The van der Waals surface area contributed by atoms with Crippen molar-refractivity contribution in [2.24, 2.45) is 11.7 Å². The van der Waals surface area contributed by atoms with E-state index in [2.05, 4.69) is 24.3 Å². The van der Waals surface area contributed by atoms with Crippen LogP contribution >= 0.6 is 0 Å². The van der Waals surface area contributed by atoms with Crippen LogP contribution in [0.15, 0.2) is 0 Å². The van der Waals surface area contributed by atoms with Gasteiger partial charge in [-0.05, 0) is 46.2 Å². The summed E-state index contributed by atoms with van der Waals surface area (Å²) in [5.41, 5.74) is 6.16. The number of likely N-dealkylation sites (N-methyl/N-ethyl adjacent to an activating group) is 1. The molecule has 98 valence electrons. The average Bonchev–Trinajstić information content (AvgIpc) is 2.62. The van der Waals surface area contributed by atoms with Crippen LogP contribution in [0.1, 0.15) is 38.5 Å². The number of nitrogens with zero attached hydrogens (tertiary/aromatic N) is 1. The van der Waals surface area contributed by atoms with Crippen molar-refractivity contribution in [2.45, 2.75) is 50.1 Å². The highest BCUT2D eigenvalue weighted by atomic mass is 16.1. The summed E-state index contributed by atoms with van der Waals surface area (Å²) in [5, 5.41) is 3.12. The third kappa shape index (κ3) is 2.47. The van der Waals surface area contributed by atoms with E-state index < -0.39 is 0 Å². The normalized spacial score (nSPS) is 31.3. The molecule has 2 aliphatic carbocycles. The van der Waals surface area contributed by atoms with Gasteiger partial charge in [0.2, 0.25) is 5.91 Å². The highest BCUT2D eigenvalue weighted by Gasteiger charge is 2.40. The summed E-state index contributed by atoms with van der Waals surface area (Å²) < 4.78 is 0. The predicted molar refractivity (Wildman–Crippen MR) is 68.6 cm³/mol. The molecule has 2 unspecified atom stereocenters. The van der Waals surface area contributed by atoms with E-state index in [0.717, 1.165) is 25.8 Å². The van der Waals surface area contributed by atoms with Gasteiger partial charge >= 0.3 is 0 Å². The van der Waals surface area contributed by atoms with Crippen LogP contribution in [0.3, 0.4) is 0 Å². The van der Waals surface area contributed by atoms with Gasteiger partial charge in [0.15, 0.2) is 0 Å². The zero-order valence-corrected chi connectivity index (χ0v) is 11.0. The van der Waals surface area contributed by atoms with Crippen molar-refractivity contribution in [2.75, 3.05) is 20.6 Å². The van der Waals surface area contributed by atoms with Crippen molar-refractivity contribution in [3.8, 4) is 0 Å². The number of hydrogen-bond donors (Lipinski definition) is 2. The van der Waals surface area contributed by atoms with E-state index in [0.29, 0.717) is 0 Å². The summed E-state index contributed by atoms with van der Waals surface area (Å²) in [7, 11) is 4.21. The van der Waals surface area contributed by atoms with Crippen LogP contribution in [-0.4, -0.2) is 43.0 Å². The lowest BCUT2D eigenvalue weighted by molar-refractivity contribution is -0.126. The van der Waals surface area contributed by atoms with Gasteiger partial charge in [-0.15, -0.1) is 0 Å². The molecule has 3 N–H and O–H groups in total. The van der Waals surface area contributed by atoms with E-state index in [1.807, 2.05) is 0 Å². The molecule has 4 nitrogen and oxygen atoms in total. The zero-order chi connectivity index (χ0) is 12.5. The van der Waals surface area contributed by atoms with Crippen molar-refractivity contribution in [1.29, 1.82) is 0 Å². The number of nitrogens with two attached hydrogens (primary N) is 1. The van der Waals surface area contributed by atoms with Crippen molar-refractivity contribution in [3.05, 3.63) is 0 Å². The maximum atomic E-state index is 12.1. The lowest BCUT2D eigenvalue weighted by Gasteiger charge is -2.47. The number of carbonyl (C=O) groups is 1. The third-order valence-electron chi connectivity index (χ3n) is 4.73. The van der Waals surface area contributed by atoms with Crippen LogP contribution in [0, 0.1) is 5.92 Å². The summed E-state index contributed by atoms with van der Waals surface area (Å²) in [6.45, 7) is 0.780. The quantitative estimate of drug-likeness (QED) is 0.760. The van der Waals surface area contributed by atoms with Gasteiger partial charge in [0.1, 0.15) is 0 Å². The topological polar surface area (TPSA) is 58.4 Å². The summed E-state index contributed by atoms with van der Waals surface area (Å²) in [5.74, 6) is 0.220. The van der Waals surface area contributed by atoms with Crippen molar-refractivity contribution >= 4 is 5.91 Å². The van der Waals surface area contributed by atoms with Gasteiger partial charge in [0, 0.05) is 18.1 Å². The Morgan fingerprint density at radius 2 is 2.06 bits per heavy atom. The second-order valence-electron chi connectivity index (χ2n) is 5.89. The fourth-order valence-corrected chi connectivity index (χ4v) is 3.06. The first kappa shape index (κ1) is 12.8. The second-order valence-corrected chi connectivity index (χ2v) is 5.89. The van der Waals surface area contributed by atoms with Crippen LogP contribution in [-0.2, 0) is 4.79 Å². The molecule has 0 radical (unpaired) electrons. The first-order valence-corrected chi connectivity index (χ1v) is 6.76. The fourth-order valence-electron chi connectivity index (χ4n) is 3.06. The molecule has 2 saturated carbocycles. The maximum Gasteiger partial charge on any atom is 0.224 e. The van der Waals surface area contributed by atoms with Gasteiger partial charge in [-0.2, -0.15) is 0 Å². The fraction of sp³-hybridized carbons (Fsp3) is 0.923. The molecule has 0 aliphatic heterocycles. The van der Waals surface area contributed by atoms with E-state index in [4.69, 9.17) is 5.73 Å². The van der Waals surface area contributed by atoms with Crippen LogP contribution in [0.4, 0.5) is 0 Å². The van der Waals surface area contributed by atoms with E-state index >= 15 is 0 Å². The molecule has 4 heteroatoms. The first-order valence-electron chi connectivity index (χ1n) is 6.76. The summed E-state index contributed by atoms with van der Waals surface area (Å²) in [6, 6.07) is 0.0756. The lowest BCUT2D eigenvalue weighted by Crippen LogP contribution is -2.58. The number of amides is 1. The number of carbonyl (C=O) groups excluding carboxylic acids is 1. The van der Waals surface area contributed by atoms with E-state index in [9.17, 15) is 4.79 Å². The van der Waals surface area contributed by atoms with Crippen molar-refractivity contribution in [1.82, 2.24) is 10.2 Å². The van der Waals surface area contributed by atoms with Gasteiger partial charge in [-0.25, -0.2) is 0 Å². The Balaban J connectivity index is 1.83. The van der Waals surface area contributed by atoms with Gasteiger partial charge in [-0.3, -0.25) is 4.79 Å². The molecular weight excluding hydrogens is 214 g/mol. The van der Waals surface area contributed by atoms with Crippen LogP contribution in [0.2, 0.25) is 0 Å². The standard InChI is InChI=1S/C13H25N3O/c1-16(2)13(7-4-8-13)9-15-12(17)10-5-3-6-11(10)14/h10-11H,3-9,14H2,1-2H3,(H,15,17). The predicted octanol–water partition coefficient (Wildman–Crippen LogP) is 0.714. The summed E-state index contributed by atoms with van der Waals surface area (Å²) in [4.78, 5) is 14.3. The molecule has 0 bridgehead atoms. The minimum Gasteiger partial charge on any atom is -0.354 e. The van der Waals surface area contributed by atoms with Gasteiger partial charge < -0.3 is 16.0 Å². The van der Waals surface area contributed by atoms with Crippen LogP contribution < -0.4 is 11.1 Å². The molecule has 0 heterocycles. The highest BCUT2D eigenvalue weighted by molar-refractivity contribution is 5.79. The molecule has 0 aromatic heterocycles. The molecule has 0 aromatic carbocycles. The lowest BCUT2D eigenvalue weighted by atomic mass is 9.75. The molecule has 2 fully saturated rings. The van der Waals surface area contributed by atoms with Crippen LogP contribution in [0.5, 0.6) is 0 Å². The minimum atomic E-state index is 0.0503. The van der Waals surface area contributed by atoms with E-state index in [1.54, 1.807) is 0 Å². The Morgan fingerprint density at radius 1 is 1.35 bits per heavy atom. The third-order valence-corrected chi connectivity index (χ3v) is 4.73. The molecule has 2 aliphatic rings. The number of hydrogen-bond acceptors (Lipinski definition) is 3. The zero-order valence-electron chi connectivity index (χ0n) is 11.0. The smallest absolute Gasteiger partial charge is 0.224 e. The molecule has 2 atom stereocenters. The Kier molecular flexibility index (Phi) is 3.73. The minimum absolute atomic E-state index is 0.0503. The number of nitrogens with one attached hydrogen (secondary N) is 1. The van der Waals surface area contributed by atoms with Crippen molar-refractivity contribution < 1.29 is 4.79 Å². The second kappa shape index (κ2) is 4.94. The maximum absolute atomic E-state index is 12.1. The molecule has 0 aromatic rings. The van der Waals surface area contributed by atoms with E-state index in [-0.39, 0.29) is 23.4 Å². The van der Waals surface area contributed by atoms with E-state index in [1.165, 1.54) is 19.3 Å². The van der Waals surface area contributed by atoms with Gasteiger partial charge in [0.05, 0.1) is 5.92 Å². The van der Waals surface area contributed by atoms with Crippen molar-refractivity contribution in [3.63, 3.8) is 0 Å². The molecule has 0 saturated heterocycles. The molecule has 17 heavy (non-hydrogen) atoms. The largest absolute Gasteiger partial charge is 0.354 e. The number of rotatable bonds is 4. The average molecular weight is 239 g/mol. The first-order chi connectivity index (χ1) is 8.05. The SMILES string of the molecule is CN(C)C1(CNC(=O)C2CCCC2N)CCC1. The molecule has 1 amide bonds. The summed E-state index contributed by atoms with van der Waals surface area (Å²) >= 11 is 0. The highest BCUT2D eigenvalue weighted by Crippen LogP contribution is 2.35. The van der Waals surface area contributed by atoms with Crippen LogP contribution in [0.25, 0.3) is 0 Å². The molecule has 0 spiro atoms. The molecular formula is C13H25N3O. The Bertz CT molecular complexity index is 286. The Labute approximate surface area is 104 Å². The van der Waals surface area contributed by atoms with Gasteiger partial charge in [0.25, 0.3) is 0 Å². The molecule has 2 rings (SSSR count). The monoisotopic (exact) mass is 239 g/mol. The Morgan fingerprint density at radius 3 is 2.47 bits per heavy atom. The summed E-state index contributed by atoms with van der Waals surface area (Å²) in [6.07, 6.45) is 6.71. The van der Waals surface area contributed by atoms with Gasteiger partial charge in [-0.1, -0.05) is 6.42 Å². The Hall–Kier alpha value is -0.610.